The first-order valence-electron chi connectivity index (χ1n) is 6.19. The number of hydrogen-bond acceptors (Lipinski definition) is 3. The van der Waals surface area contributed by atoms with Crippen LogP contribution in [0.3, 0.4) is 0 Å². The van der Waals surface area contributed by atoms with Gasteiger partial charge in [0.05, 0.1) is 5.54 Å². The molecule has 0 aliphatic heterocycles. The molecule has 114 valence electrons. The Balaban J connectivity index is 2.83. The summed E-state index contributed by atoms with van der Waals surface area (Å²) in [4.78, 5) is 3.67. The van der Waals surface area contributed by atoms with Crippen LogP contribution in [0.25, 0.3) is 0 Å². The van der Waals surface area contributed by atoms with Gasteiger partial charge in [0.2, 0.25) is 0 Å². The van der Waals surface area contributed by atoms with Crippen molar-refractivity contribution in [3.63, 3.8) is 0 Å². The molecule has 1 aromatic rings. The van der Waals surface area contributed by atoms with Crippen molar-refractivity contribution < 1.29 is 17.9 Å². The van der Waals surface area contributed by atoms with Crippen molar-refractivity contribution in [3.8, 4) is 5.75 Å². The molecule has 1 rings (SSSR count). The van der Waals surface area contributed by atoms with Crippen LogP contribution >= 0.6 is 15.9 Å². The molecule has 0 spiro atoms. The normalized spacial score (nSPS) is 14.7. The van der Waals surface area contributed by atoms with E-state index in [1.165, 1.54) is 12.1 Å². The first-order chi connectivity index (χ1) is 9.27. The third-order valence-corrected chi connectivity index (χ3v) is 3.10. The average molecular weight is 355 g/mol. The molecule has 0 bridgehead atoms. The van der Waals surface area contributed by atoms with Gasteiger partial charge in [0.1, 0.15) is 29.3 Å². The van der Waals surface area contributed by atoms with E-state index in [4.69, 9.17) is 10.5 Å². The van der Waals surface area contributed by atoms with E-state index in [9.17, 15) is 13.2 Å². The summed E-state index contributed by atoms with van der Waals surface area (Å²) in [5, 5.41) is 0. The summed E-state index contributed by atoms with van der Waals surface area (Å²) in [6.07, 6.45) is -2.37. The third kappa shape index (κ3) is 4.94. The van der Waals surface area contributed by atoms with Gasteiger partial charge in [0.25, 0.3) is 6.43 Å². The highest BCUT2D eigenvalue weighted by atomic mass is 79.9. The van der Waals surface area contributed by atoms with E-state index in [0.29, 0.717) is 6.42 Å². The van der Waals surface area contributed by atoms with Crippen molar-refractivity contribution in [2.75, 3.05) is 13.3 Å². The Labute approximate surface area is 124 Å². The van der Waals surface area contributed by atoms with Gasteiger partial charge in [-0.3, -0.25) is 0 Å². The number of pyridine rings is 1. The summed E-state index contributed by atoms with van der Waals surface area (Å²) < 4.78 is 44.3. The monoisotopic (exact) mass is 354 g/mol. The van der Waals surface area contributed by atoms with E-state index < -0.39 is 24.3 Å². The average Bonchev–Trinajstić information content (AvgIpc) is 2.36. The molecule has 0 fully saturated rings. The highest BCUT2D eigenvalue weighted by Crippen LogP contribution is 2.29. The first kappa shape index (κ1) is 17.2. The van der Waals surface area contributed by atoms with Crippen molar-refractivity contribution in [3.05, 3.63) is 22.4 Å². The maximum absolute atomic E-state index is 13.1. The molecule has 1 heterocycles. The van der Waals surface area contributed by atoms with Gasteiger partial charge < -0.3 is 10.5 Å². The highest BCUT2D eigenvalue weighted by molar-refractivity contribution is 9.10. The van der Waals surface area contributed by atoms with Gasteiger partial charge in [0.15, 0.2) is 0 Å². The number of hydrogen-bond donors (Lipinski definition) is 1. The molecule has 1 aromatic heterocycles. The zero-order chi connectivity index (χ0) is 15.3. The minimum Gasteiger partial charge on any atom is -0.489 e. The minimum absolute atomic E-state index is 0.0739. The predicted molar refractivity (Wildman–Crippen MR) is 74.7 cm³/mol. The fourth-order valence-electron chi connectivity index (χ4n) is 1.90. The maximum Gasteiger partial charge on any atom is 0.284 e. The van der Waals surface area contributed by atoms with Gasteiger partial charge in [-0.1, -0.05) is 13.8 Å². The summed E-state index contributed by atoms with van der Waals surface area (Å²) in [7, 11) is 0. The molecule has 7 heteroatoms. The van der Waals surface area contributed by atoms with Crippen LogP contribution in [-0.2, 0) is 0 Å². The molecule has 1 atom stereocenters. The minimum atomic E-state index is -2.77. The van der Waals surface area contributed by atoms with E-state index in [2.05, 4.69) is 20.9 Å². The molecule has 0 aliphatic rings. The van der Waals surface area contributed by atoms with Gasteiger partial charge in [-0.2, -0.15) is 0 Å². The Morgan fingerprint density at radius 1 is 1.40 bits per heavy atom. The predicted octanol–water partition coefficient (Wildman–Crippen LogP) is 3.87. The van der Waals surface area contributed by atoms with E-state index in [0.717, 1.165) is 0 Å². The Bertz CT molecular complexity index is 446. The van der Waals surface area contributed by atoms with E-state index in [1.54, 1.807) is 0 Å². The molecule has 0 radical (unpaired) electrons. The fraction of sp³-hybridized carbons (Fsp3) is 0.615. The number of alkyl halides is 3. The summed E-state index contributed by atoms with van der Waals surface area (Å²) in [6.45, 7) is 2.86. The largest absolute Gasteiger partial charge is 0.489 e. The molecule has 1 unspecified atom stereocenters. The number of rotatable bonds is 7. The molecule has 0 saturated carbocycles. The zero-order valence-electron chi connectivity index (χ0n) is 11.4. The van der Waals surface area contributed by atoms with Gasteiger partial charge in [-0.15, -0.1) is 0 Å². The lowest BCUT2D eigenvalue weighted by atomic mass is 9.92. The second kappa shape index (κ2) is 7.26. The maximum atomic E-state index is 13.1. The number of ether oxygens (including phenoxy) is 1. The Morgan fingerprint density at radius 2 is 2.05 bits per heavy atom. The van der Waals surface area contributed by atoms with E-state index in [1.807, 2.05) is 13.8 Å². The van der Waals surface area contributed by atoms with Crippen molar-refractivity contribution in [1.82, 2.24) is 4.98 Å². The topological polar surface area (TPSA) is 48.1 Å². The molecule has 2 N–H and O–H groups in total. The van der Waals surface area contributed by atoms with Crippen LogP contribution in [0.2, 0.25) is 0 Å². The van der Waals surface area contributed by atoms with Crippen LogP contribution in [0.15, 0.2) is 16.7 Å². The van der Waals surface area contributed by atoms with Gasteiger partial charge in [-0.25, -0.2) is 18.2 Å². The molecule has 0 saturated heterocycles. The second-order valence-corrected chi connectivity index (χ2v) is 6.01. The lowest BCUT2D eigenvalue weighted by Gasteiger charge is -2.28. The van der Waals surface area contributed by atoms with Crippen molar-refractivity contribution in [2.24, 2.45) is 11.7 Å². The van der Waals surface area contributed by atoms with E-state index >= 15 is 0 Å². The number of nitrogens with two attached hydrogens (primary N) is 1. The number of halogens is 4. The zero-order valence-corrected chi connectivity index (χ0v) is 13.0. The first-order valence-corrected chi connectivity index (χ1v) is 6.99. The molecular weight excluding hydrogens is 337 g/mol. The smallest absolute Gasteiger partial charge is 0.284 e. The van der Waals surface area contributed by atoms with Crippen LogP contribution < -0.4 is 10.5 Å². The molecule has 0 amide bonds. The van der Waals surface area contributed by atoms with Crippen molar-refractivity contribution in [2.45, 2.75) is 32.2 Å². The molecule has 0 aromatic carbocycles. The fourth-order valence-corrected chi connectivity index (χ4v) is 2.23. The standard InChI is InChI=1S/C13H18BrF3N2O/c1-8(2)5-13(18,6-15)7-20-9-3-4-10(14)19-11(9)12(16)17/h3-4,8,12H,5-7,18H2,1-2H3. The quantitative estimate of drug-likeness (QED) is 0.756. The molecule has 20 heavy (non-hydrogen) atoms. The molecule has 0 aliphatic carbocycles. The lowest BCUT2D eigenvalue weighted by molar-refractivity contribution is 0.127. The third-order valence-electron chi connectivity index (χ3n) is 2.65. The van der Waals surface area contributed by atoms with E-state index in [-0.39, 0.29) is 22.9 Å². The highest BCUT2D eigenvalue weighted by Gasteiger charge is 2.28. The van der Waals surface area contributed by atoms with Gasteiger partial charge >= 0.3 is 0 Å². The Kier molecular flexibility index (Phi) is 6.26. The summed E-state index contributed by atoms with van der Waals surface area (Å²) >= 11 is 3.02. The van der Waals surface area contributed by atoms with Crippen LogP contribution in [-0.4, -0.2) is 23.8 Å². The van der Waals surface area contributed by atoms with Crippen LogP contribution in [0.1, 0.15) is 32.4 Å². The Hall–Kier alpha value is -0.820. The van der Waals surface area contributed by atoms with Crippen LogP contribution in [0.5, 0.6) is 5.75 Å². The van der Waals surface area contributed by atoms with Crippen molar-refractivity contribution in [1.29, 1.82) is 0 Å². The summed E-state index contributed by atoms with van der Waals surface area (Å²) in [5.74, 6) is 0.104. The summed E-state index contributed by atoms with van der Waals surface area (Å²) in [5.41, 5.74) is 4.22. The second-order valence-electron chi connectivity index (χ2n) is 5.20. The van der Waals surface area contributed by atoms with Gasteiger partial charge in [0, 0.05) is 0 Å². The Morgan fingerprint density at radius 3 is 2.55 bits per heavy atom. The van der Waals surface area contributed by atoms with Crippen molar-refractivity contribution >= 4 is 15.9 Å². The van der Waals surface area contributed by atoms with Crippen LogP contribution in [0.4, 0.5) is 13.2 Å². The summed E-state index contributed by atoms with van der Waals surface area (Å²) in [6, 6.07) is 2.85. The number of aromatic nitrogens is 1. The molecule has 3 nitrogen and oxygen atoms in total. The van der Waals surface area contributed by atoms with Crippen LogP contribution in [0, 0.1) is 5.92 Å². The van der Waals surface area contributed by atoms with Gasteiger partial charge in [-0.05, 0) is 40.4 Å². The number of nitrogens with zero attached hydrogens (tertiary/aromatic N) is 1. The molecular formula is C13H18BrF3N2O. The lowest BCUT2D eigenvalue weighted by Crippen LogP contribution is -2.49. The SMILES string of the molecule is CC(C)CC(N)(CF)COc1ccc(Br)nc1C(F)F.